The van der Waals surface area contributed by atoms with Crippen molar-refractivity contribution in [1.29, 1.82) is 0 Å². The van der Waals surface area contributed by atoms with Crippen LogP contribution in [0.15, 0.2) is 18.3 Å². The summed E-state index contributed by atoms with van der Waals surface area (Å²) in [5.41, 5.74) is 0. The Hall–Kier alpha value is -0.760. The van der Waals surface area contributed by atoms with Crippen molar-refractivity contribution in [3.63, 3.8) is 0 Å². The van der Waals surface area contributed by atoms with Gasteiger partial charge in [0.25, 0.3) is 0 Å². The van der Waals surface area contributed by atoms with Gasteiger partial charge in [-0.15, -0.1) is 0 Å². The summed E-state index contributed by atoms with van der Waals surface area (Å²) in [5, 5.41) is 0.496. The van der Waals surface area contributed by atoms with Crippen LogP contribution < -0.4 is 4.74 Å². The maximum atomic E-state index is 5.64. The first-order valence-corrected chi connectivity index (χ1v) is 4.88. The minimum absolute atomic E-state index is 0.243. The third-order valence-electron chi connectivity index (χ3n) is 1.73. The molecule has 0 N–H and O–H groups in total. The highest BCUT2D eigenvalue weighted by atomic mass is 35.5. The molecule has 1 rings (SSSR count). The summed E-state index contributed by atoms with van der Waals surface area (Å²) in [6, 6.07) is 3.57. The molecule has 3 heteroatoms. The molecule has 0 fully saturated rings. The molecular formula is C10H14ClNO. The van der Waals surface area contributed by atoms with E-state index in [1.165, 1.54) is 0 Å². The van der Waals surface area contributed by atoms with Crippen LogP contribution in [0.2, 0.25) is 5.15 Å². The van der Waals surface area contributed by atoms with Crippen LogP contribution in [0.1, 0.15) is 26.7 Å². The van der Waals surface area contributed by atoms with Crippen molar-refractivity contribution in [2.45, 2.75) is 32.8 Å². The van der Waals surface area contributed by atoms with Gasteiger partial charge in [0.1, 0.15) is 10.9 Å². The van der Waals surface area contributed by atoms with Crippen LogP contribution in [0, 0.1) is 0 Å². The highest BCUT2D eigenvalue weighted by Gasteiger charge is 2.02. The number of rotatable bonds is 4. The van der Waals surface area contributed by atoms with E-state index in [4.69, 9.17) is 16.3 Å². The lowest BCUT2D eigenvalue weighted by Crippen LogP contribution is -2.10. The lowest BCUT2D eigenvalue weighted by molar-refractivity contribution is 0.209. The smallest absolute Gasteiger partial charge is 0.138 e. The normalized spacial score (nSPS) is 12.5. The highest BCUT2D eigenvalue weighted by molar-refractivity contribution is 6.29. The molecule has 1 heterocycles. The number of ether oxygens (including phenoxy) is 1. The van der Waals surface area contributed by atoms with E-state index in [9.17, 15) is 0 Å². The summed E-state index contributed by atoms with van der Waals surface area (Å²) in [7, 11) is 0. The molecule has 2 nitrogen and oxygen atoms in total. The number of pyridine rings is 1. The van der Waals surface area contributed by atoms with Crippen LogP contribution in [0.25, 0.3) is 0 Å². The average Bonchev–Trinajstić information content (AvgIpc) is 2.09. The van der Waals surface area contributed by atoms with E-state index < -0.39 is 0 Å². The summed E-state index contributed by atoms with van der Waals surface area (Å²) < 4.78 is 5.59. The summed E-state index contributed by atoms with van der Waals surface area (Å²) in [6.07, 6.45) is 4.08. The molecule has 0 spiro atoms. The fourth-order valence-electron chi connectivity index (χ4n) is 1.13. The lowest BCUT2D eigenvalue weighted by Gasteiger charge is -2.12. The topological polar surface area (TPSA) is 22.1 Å². The molecule has 0 aliphatic rings. The van der Waals surface area contributed by atoms with Crippen LogP contribution >= 0.6 is 11.6 Å². The number of nitrogens with zero attached hydrogens (tertiary/aromatic N) is 1. The van der Waals surface area contributed by atoms with Crippen molar-refractivity contribution in [1.82, 2.24) is 4.98 Å². The summed E-state index contributed by atoms with van der Waals surface area (Å²) in [6.45, 7) is 4.19. The zero-order valence-corrected chi connectivity index (χ0v) is 8.71. The Morgan fingerprint density at radius 1 is 1.54 bits per heavy atom. The number of aromatic nitrogens is 1. The van der Waals surface area contributed by atoms with E-state index >= 15 is 0 Å². The molecule has 0 aliphatic heterocycles. The van der Waals surface area contributed by atoms with Crippen LogP contribution in [-0.4, -0.2) is 11.1 Å². The van der Waals surface area contributed by atoms with Gasteiger partial charge >= 0.3 is 0 Å². The van der Waals surface area contributed by atoms with E-state index in [1.54, 1.807) is 12.3 Å². The molecule has 0 aliphatic carbocycles. The van der Waals surface area contributed by atoms with Crippen molar-refractivity contribution < 1.29 is 4.74 Å². The Balaban J connectivity index is 2.49. The first-order valence-electron chi connectivity index (χ1n) is 4.50. The summed E-state index contributed by atoms with van der Waals surface area (Å²) >= 11 is 5.64. The molecule has 0 bridgehead atoms. The van der Waals surface area contributed by atoms with Crippen molar-refractivity contribution in [2.75, 3.05) is 0 Å². The van der Waals surface area contributed by atoms with Gasteiger partial charge < -0.3 is 4.74 Å². The lowest BCUT2D eigenvalue weighted by atomic mass is 10.2. The zero-order chi connectivity index (χ0) is 9.68. The maximum absolute atomic E-state index is 5.64. The molecule has 0 aromatic carbocycles. The summed E-state index contributed by atoms with van der Waals surface area (Å²) in [4.78, 5) is 3.93. The second-order valence-corrected chi connectivity index (χ2v) is 3.42. The molecule has 0 amide bonds. The molecule has 0 saturated carbocycles. The van der Waals surface area contributed by atoms with Gasteiger partial charge in [0.05, 0.1) is 12.3 Å². The molecule has 0 saturated heterocycles. The Bertz CT molecular complexity index is 248. The maximum Gasteiger partial charge on any atom is 0.138 e. The molecule has 1 atom stereocenters. The largest absolute Gasteiger partial charge is 0.489 e. The predicted octanol–water partition coefficient (Wildman–Crippen LogP) is 3.30. The average molecular weight is 200 g/mol. The monoisotopic (exact) mass is 199 g/mol. The van der Waals surface area contributed by atoms with Gasteiger partial charge in [0.15, 0.2) is 0 Å². The Morgan fingerprint density at radius 2 is 2.31 bits per heavy atom. The third-order valence-corrected chi connectivity index (χ3v) is 1.96. The first-order chi connectivity index (χ1) is 6.22. The molecule has 1 unspecified atom stereocenters. The standard InChI is InChI=1S/C10H14ClNO/c1-3-4-8(2)13-9-5-6-10(11)12-7-9/h5-8H,3-4H2,1-2H3. The predicted molar refractivity (Wildman–Crippen MR) is 54.2 cm³/mol. The Morgan fingerprint density at radius 3 is 2.85 bits per heavy atom. The van der Waals surface area contributed by atoms with Gasteiger partial charge in [-0.1, -0.05) is 24.9 Å². The Labute approximate surface area is 83.9 Å². The van der Waals surface area contributed by atoms with Crippen LogP contribution in [0.3, 0.4) is 0 Å². The number of hydrogen-bond acceptors (Lipinski definition) is 2. The van der Waals surface area contributed by atoms with Gasteiger partial charge in [0, 0.05) is 0 Å². The van der Waals surface area contributed by atoms with E-state index in [0.29, 0.717) is 5.15 Å². The SMILES string of the molecule is CCCC(C)Oc1ccc(Cl)nc1. The Kier molecular flexibility index (Phi) is 4.03. The molecule has 1 aromatic heterocycles. The van der Waals surface area contributed by atoms with Gasteiger partial charge in [-0.2, -0.15) is 0 Å². The second kappa shape index (κ2) is 5.07. The highest BCUT2D eigenvalue weighted by Crippen LogP contribution is 2.14. The minimum atomic E-state index is 0.243. The second-order valence-electron chi connectivity index (χ2n) is 3.03. The number of hydrogen-bond donors (Lipinski definition) is 0. The van der Waals surface area contributed by atoms with Crippen LogP contribution in [-0.2, 0) is 0 Å². The first kappa shape index (κ1) is 10.3. The van der Waals surface area contributed by atoms with Crippen molar-refractivity contribution in [3.8, 4) is 5.75 Å². The van der Waals surface area contributed by atoms with Gasteiger partial charge in [0.2, 0.25) is 0 Å². The minimum Gasteiger partial charge on any atom is -0.489 e. The molecule has 72 valence electrons. The molecular weight excluding hydrogens is 186 g/mol. The fraction of sp³-hybridized carbons (Fsp3) is 0.500. The van der Waals surface area contributed by atoms with Crippen molar-refractivity contribution >= 4 is 11.6 Å². The van der Waals surface area contributed by atoms with Crippen molar-refractivity contribution in [3.05, 3.63) is 23.5 Å². The number of halogens is 1. The van der Waals surface area contributed by atoms with Crippen LogP contribution in [0.5, 0.6) is 5.75 Å². The molecule has 13 heavy (non-hydrogen) atoms. The van der Waals surface area contributed by atoms with E-state index in [0.717, 1.165) is 18.6 Å². The molecule has 0 radical (unpaired) electrons. The van der Waals surface area contributed by atoms with E-state index in [-0.39, 0.29) is 6.10 Å². The fourth-order valence-corrected chi connectivity index (χ4v) is 1.24. The quantitative estimate of drug-likeness (QED) is 0.695. The van der Waals surface area contributed by atoms with Gasteiger partial charge in [-0.05, 0) is 25.5 Å². The third kappa shape index (κ3) is 3.64. The van der Waals surface area contributed by atoms with Gasteiger partial charge in [-0.25, -0.2) is 4.98 Å². The van der Waals surface area contributed by atoms with E-state index in [1.807, 2.05) is 6.07 Å². The summed E-state index contributed by atoms with van der Waals surface area (Å²) in [5.74, 6) is 0.783. The zero-order valence-electron chi connectivity index (χ0n) is 7.96. The van der Waals surface area contributed by atoms with Crippen LogP contribution in [0.4, 0.5) is 0 Å². The van der Waals surface area contributed by atoms with Crippen molar-refractivity contribution in [2.24, 2.45) is 0 Å². The van der Waals surface area contributed by atoms with E-state index in [2.05, 4.69) is 18.8 Å². The molecule has 1 aromatic rings. The van der Waals surface area contributed by atoms with Gasteiger partial charge in [-0.3, -0.25) is 0 Å².